The molecule has 26 heavy (non-hydrogen) atoms. The maximum atomic E-state index is 12.6. The third kappa shape index (κ3) is 3.13. The van der Waals surface area contributed by atoms with Crippen LogP contribution in [0, 0.1) is 0 Å². The fourth-order valence-electron chi connectivity index (χ4n) is 2.93. The Balaban J connectivity index is 1.76. The molecule has 0 unspecified atom stereocenters. The van der Waals surface area contributed by atoms with Gasteiger partial charge in [0, 0.05) is 12.2 Å². The highest BCUT2D eigenvalue weighted by Crippen LogP contribution is 2.24. The summed E-state index contributed by atoms with van der Waals surface area (Å²) in [5.74, 6) is 1.12. The Labute approximate surface area is 150 Å². The average Bonchev–Trinajstić information content (AvgIpc) is 3.15. The van der Waals surface area contributed by atoms with Crippen LogP contribution in [-0.4, -0.2) is 37.2 Å². The van der Waals surface area contributed by atoms with Gasteiger partial charge in [0.15, 0.2) is 5.82 Å². The fourth-order valence-corrected chi connectivity index (χ4v) is 2.93. The Hall–Kier alpha value is -3.29. The van der Waals surface area contributed by atoms with E-state index in [9.17, 15) is 4.79 Å². The Morgan fingerprint density at radius 2 is 2.19 bits per heavy atom. The van der Waals surface area contributed by atoms with E-state index in [1.165, 1.54) is 0 Å². The number of hydrogen-bond acceptors (Lipinski definition) is 6. The van der Waals surface area contributed by atoms with Gasteiger partial charge in [0.25, 0.3) is 5.91 Å². The van der Waals surface area contributed by atoms with Gasteiger partial charge in [-0.25, -0.2) is 9.97 Å². The molecule has 3 aromatic heterocycles. The van der Waals surface area contributed by atoms with Crippen molar-refractivity contribution in [2.24, 2.45) is 0 Å². The minimum Gasteiger partial charge on any atom is -0.477 e. The molecule has 1 atom stereocenters. The lowest BCUT2D eigenvalue weighted by Crippen LogP contribution is -2.17. The van der Waals surface area contributed by atoms with Crippen LogP contribution in [0.25, 0.3) is 11.5 Å². The number of hydrogen-bond donors (Lipinski definition) is 1. The summed E-state index contributed by atoms with van der Waals surface area (Å²) in [6.07, 6.45) is 5.00. The molecule has 8 heteroatoms. The number of nitrogens with zero attached hydrogens (tertiary/aromatic N) is 5. The first kappa shape index (κ1) is 16.2. The van der Waals surface area contributed by atoms with Crippen molar-refractivity contribution in [1.82, 2.24) is 24.7 Å². The topological polar surface area (TPSA) is 94.8 Å². The first-order valence-electron chi connectivity index (χ1n) is 8.48. The molecule has 1 aliphatic rings. The molecule has 8 nitrogen and oxygen atoms in total. The van der Waals surface area contributed by atoms with Gasteiger partial charge in [0.2, 0.25) is 5.88 Å². The van der Waals surface area contributed by atoms with Crippen molar-refractivity contribution < 1.29 is 9.53 Å². The van der Waals surface area contributed by atoms with Crippen LogP contribution in [0.15, 0.2) is 42.9 Å². The van der Waals surface area contributed by atoms with Crippen LogP contribution in [0.4, 0.5) is 5.82 Å². The lowest BCUT2D eigenvalue weighted by molar-refractivity contribution is 0.102. The van der Waals surface area contributed by atoms with Gasteiger partial charge in [0.1, 0.15) is 23.4 Å². The quantitative estimate of drug-likeness (QED) is 0.670. The minimum absolute atomic E-state index is 0.190. The molecule has 0 spiro atoms. The fraction of sp³-hybridized carbons (Fsp3) is 0.278. The van der Waals surface area contributed by atoms with Gasteiger partial charge in [-0.3, -0.25) is 4.79 Å². The van der Waals surface area contributed by atoms with Crippen molar-refractivity contribution in [2.45, 2.75) is 25.8 Å². The number of ether oxygens (including phenoxy) is 1. The van der Waals surface area contributed by atoms with Crippen LogP contribution in [0.5, 0.6) is 5.88 Å². The monoisotopic (exact) mass is 350 g/mol. The second kappa shape index (κ2) is 6.91. The Bertz CT molecular complexity index is 939. The predicted octanol–water partition coefficient (Wildman–Crippen LogP) is 2.72. The summed E-state index contributed by atoms with van der Waals surface area (Å²) in [7, 11) is 0. The molecule has 4 heterocycles. The van der Waals surface area contributed by atoms with Gasteiger partial charge in [-0.2, -0.15) is 0 Å². The summed E-state index contributed by atoms with van der Waals surface area (Å²) < 4.78 is 7.73. The van der Waals surface area contributed by atoms with Gasteiger partial charge in [0.05, 0.1) is 6.61 Å². The standard InChI is InChI=1S/C18H18N6O2/c1-12-5-4-10-26-18-13(6-3-9-19-18)17(25)22-15-8-2-7-14(21-15)16-23-20-11-24(12)16/h2-3,6-9,11-12H,4-5,10H2,1H3,(H,21,22,25)/t12-/m1/s1. The Morgan fingerprint density at radius 3 is 3.12 bits per heavy atom. The molecule has 1 amide bonds. The van der Waals surface area contributed by atoms with Gasteiger partial charge in [-0.05, 0) is 44.0 Å². The SMILES string of the molecule is C[C@@H]1CCCOc2ncccc2C(=O)Nc2cccc(n2)-c2nncn21. The number of amides is 1. The number of carbonyl (C=O) groups excluding carboxylic acids is 1. The minimum atomic E-state index is -0.315. The van der Waals surface area contributed by atoms with E-state index in [1.807, 2.05) is 16.7 Å². The largest absolute Gasteiger partial charge is 0.477 e. The Kier molecular flexibility index (Phi) is 4.30. The van der Waals surface area contributed by atoms with Gasteiger partial charge in [-0.15, -0.1) is 10.2 Å². The Morgan fingerprint density at radius 1 is 1.27 bits per heavy atom. The third-order valence-corrected chi connectivity index (χ3v) is 4.29. The molecule has 0 aromatic carbocycles. The van der Waals surface area contributed by atoms with Gasteiger partial charge in [-0.1, -0.05) is 6.07 Å². The number of pyridine rings is 2. The van der Waals surface area contributed by atoms with Crippen LogP contribution in [0.1, 0.15) is 36.2 Å². The van der Waals surface area contributed by atoms with Crippen LogP contribution in [0.3, 0.4) is 0 Å². The van der Waals surface area contributed by atoms with E-state index in [0.29, 0.717) is 35.4 Å². The van der Waals surface area contributed by atoms with Crippen molar-refractivity contribution in [3.63, 3.8) is 0 Å². The van der Waals surface area contributed by atoms with Crippen molar-refractivity contribution >= 4 is 11.7 Å². The highest BCUT2D eigenvalue weighted by atomic mass is 16.5. The van der Waals surface area contributed by atoms with Gasteiger partial charge < -0.3 is 14.6 Å². The number of carbonyl (C=O) groups is 1. The zero-order valence-corrected chi connectivity index (χ0v) is 14.3. The number of rotatable bonds is 0. The van der Waals surface area contributed by atoms with Crippen molar-refractivity contribution in [1.29, 1.82) is 0 Å². The second-order valence-electron chi connectivity index (χ2n) is 6.12. The molecule has 0 radical (unpaired) electrons. The first-order chi connectivity index (χ1) is 12.7. The zero-order valence-electron chi connectivity index (χ0n) is 14.3. The molecule has 2 bridgehead atoms. The number of nitrogens with one attached hydrogen (secondary N) is 1. The summed E-state index contributed by atoms with van der Waals surface area (Å²) in [6.45, 7) is 2.58. The third-order valence-electron chi connectivity index (χ3n) is 4.29. The lowest BCUT2D eigenvalue weighted by atomic mass is 10.1. The molecular weight excluding hydrogens is 332 g/mol. The van der Waals surface area contributed by atoms with E-state index in [1.54, 1.807) is 30.7 Å². The second-order valence-corrected chi connectivity index (χ2v) is 6.12. The highest BCUT2D eigenvalue weighted by molar-refractivity contribution is 6.05. The first-order valence-corrected chi connectivity index (χ1v) is 8.48. The maximum absolute atomic E-state index is 12.6. The molecule has 1 N–H and O–H groups in total. The van der Waals surface area contributed by atoms with E-state index in [4.69, 9.17) is 4.74 Å². The zero-order chi connectivity index (χ0) is 17.9. The number of aromatic nitrogens is 5. The molecule has 0 saturated carbocycles. The van der Waals surface area contributed by atoms with Crippen molar-refractivity contribution in [3.05, 3.63) is 48.4 Å². The lowest BCUT2D eigenvalue weighted by Gasteiger charge is -2.17. The van der Waals surface area contributed by atoms with E-state index < -0.39 is 0 Å². The van der Waals surface area contributed by atoms with Crippen LogP contribution in [0.2, 0.25) is 0 Å². The summed E-state index contributed by atoms with van der Waals surface area (Å²) in [5, 5.41) is 11.0. The molecular formula is C18H18N6O2. The molecule has 0 saturated heterocycles. The van der Waals surface area contributed by atoms with Crippen LogP contribution < -0.4 is 10.1 Å². The van der Waals surface area contributed by atoms with Crippen molar-refractivity contribution in [2.75, 3.05) is 11.9 Å². The van der Waals surface area contributed by atoms with E-state index in [2.05, 4.69) is 32.4 Å². The molecule has 132 valence electrons. The van der Waals surface area contributed by atoms with Crippen LogP contribution in [-0.2, 0) is 0 Å². The summed E-state index contributed by atoms with van der Waals surface area (Å²) in [4.78, 5) is 21.3. The maximum Gasteiger partial charge on any atom is 0.262 e. The molecule has 4 rings (SSSR count). The summed E-state index contributed by atoms with van der Waals surface area (Å²) in [6, 6.07) is 9.00. The number of fused-ring (bicyclic) bond motifs is 5. The average molecular weight is 350 g/mol. The molecule has 1 aliphatic heterocycles. The molecule has 3 aromatic rings. The molecule has 0 aliphatic carbocycles. The highest BCUT2D eigenvalue weighted by Gasteiger charge is 2.18. The smallest absolute Gasteiger partial charge is 0.262 e. The van der Waals surface area contributed by atoms with Gasteiger partial charge >= 0.3 is 0 Å². The number of anilines is 1. The normalized spacial score (nSPS) is 17.3. The van der Waals surface area contributed by atoms with Crippen molar-refractivity contribution in [3.8, 4) is 17.4 Å². The predicted molar refractivity (Wildman–Crippen MR) is 94.9 cm³/mol. The van der Waals surface area contributed by atoms with E-state index >= 15 is 0 Å². The molecule has 0 fully saturated rings. The summed E-state index contributed by atoms with van der Waals surface area (Å²) >= 11 is 0. The van der Waals surface area contributed by atoms with E-state index in [0.717, 1.165) is 12.8 Å². The summed E-state index contributed by atoms with van der Waals surface area (Å²) in [5.41, 5.74) is 1.04. The van der Waals surface area contributed by atoms with Crippen LogP contribution >= 0.6 is 0 Å². The van der Waals surface area contributed by atoms with E-state index in [-0.39, 0.29) is 11.9 Å².